The molecule has 1 aromatic carbocycles. The Hall–Kier alpha value is -2.15. The van der Waals surface area contributed by atoms with Crippen LogP contribution in [0.1, 0.15) is 17.5 Å². The van der Waals surface area contributed by atoms with Gasteiger partial charge in [-0.15, -0.1) is 0 Å². The highest BCUT2D eigenvalue weighted by Crippen LogP contribution is 2.36. The molecule has 1 heterocycles. The van der Waals surface area contributed by atoms with Crippen LogP contribution in [0.15, 0.2) is 36.9 Å². The van der Waals surface area contributed by atoms with Gasteiger partial charge in [0.15, 0.2) is 0 Å². The third-order valence-electron chi connectivity index (χ3n) is 2.81. The summed E-state index contributed by atoms with van der Waals surface area (Å²) in [5, 5.41) is 2.00. The summed E-state index contributed by atoms with van der Waals surface area (Å²) in [5.74, 6) is -0.403. The maximum Gasteiger partial charge on any atom is 0.417 e. The molecule has 8 heteroatoms. The van der Waals surface area contributed by atoms with Crippen molar-refractivity contribution in [2.75, 3.05) is 5.32 Å². The number of aromatic nitrogens is 2. The lowest BCUT2D eigenvalue weighted by Crippen LogP contribution is -2.14. The van der Waals surface area contributed by atoms with Gasteiger partial charge in [-0.05, 0) is 30.2 Å². The molecule has 0 unspecified atom stereocenters. The molecule has 0 saturated heterocycles. The summed E-state index contributed by atoms with van der Waals surface area (Å²) >= 11 is 5.51. The molecule has 0 aliphatic heterocycles. The Bertz CT molecular complexity index is 662. The van der Waals surface area contributed by atoms with Gasteiger partial charge in [0.1, 0.15) is 6.33 Å². The predicted octanol–water partition coefficient (Wildman–Crippen LogP) is 3.72. The summed E-state index contributed by atoms with van der Waals surface area (Å²) in [4.78, 5) is 19.4. The fourth-order valence-electron chi connectivity index (χ4n) is 1.76. The van der Waals surface area contributed by atoms with E-state index in [0.29, 0.717) is 6.42 Å². The van der Waals surface area contributed by atoms with Crippen LogP contribution in [0.2, 0.25) is 5.02 Å². The van der Waals surface area contributed by atoms with Gasteiger partial charge >= 0.3 is 6.18 Å². The molecule has 2 aromatic rings. The molecule has 0 aliphatic rings. The highest BCUT2D eigenvalue weighted by atomic mass is 35.5. The first kappa shape index (κ1) is 16.2. The molecule has 1 amide bonds. The number of aryl methyl sites for hydroxylation is 1. The Morgan fingerprint density at radius 1 is 1.23 bits per heavy atom. The number of nitrogens with zero attached hydrogens (tertiary/aromatic N) is 2. The van der Waals surface area contributed by atoms with E-state index in [9.17, 15) is 18.0 Å². The van der Waals surface area contributed by atoms with Gasteiger partial charge in [-0.25, -0.2) is 9.97 Å². The van der Waals surface area contributed by atoms with Crippen LogP contribution in [0, 0.1) is 0 Å². The first-order valence-corrected chi connectivity index (χ1v) is 6.64. The van der Waals surface area contributed by atoms with Gasteiger partial charge in [0.2, 0.25) is 5.91 Å². The fourth-order valence-corrected chi connectivity index (χ4v) is 1.99. The number of anilines is 1. The first-order valence-electron chi connectivity index (χ1n) is 6.27. The van der Waals surface area contributed by atoms with Crippen molar-refractivity contribution in [1.29, 1.82) is 0 Å². The van der Waals surface area contributed by atoms with E-state index in [1.165, 1.54) is 12.4 Å². The van der Waals surface area contributed by atoms with E-state index in [0.717, 1.165) is 17.7 Å². The van der Waals surface area contributed by atoms with Gasteiger partial charge in [-0.2, -0.15) is 13.2 Å². The number of amides is 1. The summed E-state index contributed by atoms with van der Waals surface area (Å²) in [6, 6.07) is 3.23. The second kappa shape index (κ2) is 6.74. The van der Waals surface area contributed by atoms with E-state index in [1.54, 1.807) is 12.4 Å². The average Bonchev–Trinajstić information content (AvgIpc) is 2.47. The molecule has 22 heavy (non-hydrogen) atoms. The van der Waals surface area contributed by atoms with Crippen molar-refractivity contribution in [2.24, 2.45) is 0 Å². The highest BCUT2D eigenvalue weighted by molar-refractivity contribution is 6.31. The number of alkyl halides is 3. The third kappa shape index (κ3) is 4.42. The molecule has 4 nitrogen and oxygen atoms in total. The number of benzene rings is 1. The van der Waals surface area contributed by atoms with E-state index in [1.807, 2.05) is 0 Å². The van der Waals surface area contributed by atoms with Crippen molar-refractivity contribution in [2.45, 2.75) is 19.0 Å². The van der Waals surface area contributed by atoms with Crippen LogP contribution in [-0.4, -0.2) is 15.9 Å². The molecule has 2 rings (SSSR count). The third-order valence-corrected chi connectivity index (χ3v) is 3.14. The maximum atomic E-state index is 12.7. The molecule has 0 bridgehead atoms. The van der Waals surface area contributed by atoms with E-state index in [2.05, 4.69) is 15.3 Å². The van der Waals surface area contributed by atoms with Crippen LogP contribution < -0.4 is 5.32 Å². The molecule has 0 fully saturated rings. The zero-order valence-electron chi connectivity index (χ0n) is 11.2. The second-order valence-corrected chi connectivity index (χ2v) is 4.89. The summed E-state index contributed by atoms with van der Waals surface area (Å²) < 4.78 is 38.2. The summed E-state index contributed by atoms with van der Waals surface area (Å²) in [6.07, 6.45) is 0.452. The van der Waals surface area contributed by atoms with Crippen LogP contribution in [0.25, 0.3) is 0 Å². The maximum absolute atomic E-state index is 12.7. The average molecular weight is 330 g/mol. The van der Waals surface area contributed by atoms with Gasteiger partial charge in [0, 0.05) is 24.5 Å². The Balaban J connectivity index is 2.00. The van der Waals surface area contributed by atoms with Gasteiger partial charge in [-0.3, -0.25) is 4.79 Å². The monoisotopic (exact) mass is 329 g/mol. The Morgan fingerprint density at radius 3 is 2.55 bits per heavy atom. The minimum absolute atomic E-state index is 0.0473. The molecule has 0 atom stereocenters. The summed E-state index contributed by atoms with van der Waals surface area (Å²) in [7, 11) is 0. The number of hydrogen-bond donors (Lipinski definition) is 1. The SMILES string of the molecule is O=C(CCc1cncnc1)Nc1ccc(Cl)c(C(F)(F)F)c1. The van der Waals surface area contributed by atoms with Gasteiger partial charge in [-0.1, -0.05) is 11.6 Å². The van der Waals surface area contributed by atoms with Gasteiger partial charge in [0.25, 0.3) is 0 Å². The molecule has 0 spiro atoms. The van der Waals surface area contributed by atoms with Crippen molar-refractivity contribution in [3.8, 4) is 0 Å². The second-order valence-electron chi connectivity index (χ2n) is 4.49. The van der Waals surface area contributed by atoms with E-state index in [4.69, 9.17) is 11.6 Å². The zero-order chi connectivity index (χ0) is 16.2. The minimum atomic E-state index is -4.57. The number of halogens is 4. The molecule has 0 saturated carbocycles. The van der Waals surface area contributed by atoms with Crippen LogP contribution in [-0.2, 0) is 17.4 Å². The number of carbonyl (C=O) groups excluding carboxylic acids is 1. The fraction of sp³-hybridized carbons (Fsp3) is 0.214. The lowest BCUT2D eigenvalue weighted by Gasteiger charge is -2.11. The summed E-state index contributed by atoms with van der Waals surface area (Å²) in [6.45, 7) is 0. The number of rotatable bonds is 4. The lowest BCUT2D eigenvalue weighted by atomic mass is 10.1. The smallest absolute Gasteiger partial charge is 0.326 e. The summed E-state index contributed by atoms with van der Waals surface area (Å²) in [5.41, 5.74) is -0.167. The van der Waals surface area contributed by atoms with Crippen molar-refractivity contribution >= 4 is 23.2 Å². The van der Waals surface area contributed by atoms with Crippen molar-refractivity contribution < 1.29 is 18.0 Å². The van der Waals surface area contributed by atoms with Gasteiger partial charge in [0.05, 0.1) is 10.6 Å². The van der Waals surface area contributed by atoms with Crippen LogP contribution in [0.3, 0.4) is 0 Å². The largest absolute Gasteiger partial charge is 0.417 e. The van der Waals surface area contributed by atoms with Crippen molar-refractivity contribution in [3.63, 3.8) is 0 Å². The lowest BCUT2D eigenvalue weighted by molar-refractivity contribution is -0.137. The van der Waals surface area contributed by atoms with Crippen LogP contribution >= 0.6 is 11.6 Å². The van der Waals surface area contributed by atoms with Crippen molar-refractivity contribution in [3.05, 3.63) is 53.1 Å². The highest BCUT2D eigenvalue weighted by Gasteiger charge is 2.33. The Labute approximate surface area is 129 Å². The van der Waals surface area contributed by atoms with E-state index < -0.39 is 22.7 Å². The quantitative estimate of drug-likeness (QED) is 0.930. The molecule has 116 valence electrons. The molecule has 1 N–H and O–H groups in total. The van der Waals surface area contributed by atoms with Gasteiger partial charge < -0.3 is 5.32 Å². The molecule has 1 aromatic heterocycles. The molecule has 0 aliphatic carbocycles. The molecular weight excluding hydrogens is 319 g/mol. The number of carbonyl (C=O) groups is 1. The van der Waals surface area contributed by atoms with Crippen LogP contribution in [0.5, 0.6) is 0 Å². The Morgan fingerprint density at radius 2 is 1.91 bits per heavy atom. The molecule has 0 radical (unpaired) electrons. The molecular formula is C14H11ClF3N3O. The normalized spacial score (nSPS) is 11.3. The Kier molecular flexibility index (Phi) is 4.97. The van der Waals surface area contributed by atoms with E-state index in [-0.39, 0.29) is 12.1 Å². The predicted molar refractivity (Wildman–Crippen MR) is 75.4 cm³/mol. The van der Waals surface area contributed by atoms with Crippen molar-refractivity contribution in [1.82, 2.24) is 9.97 Å². The zero-order valence-corrected chi connectivity index (χ0v) is 11.9. The standard InChI is InChI=1S/C14H11ClF3N3O/c15-12-3-2-10(5-11(12)14(16,17)18)21-13(22)4-1-9-6-19-8-20-7-9/h2-3,5-8H,1,4H2,(H,21,22). The number of nitrogens with one attached hydrogen (secondary N) is 1. The van der Waals surface area contributed by atoms with E-state index >= 15 is 0 Å². The topological polar surface area (TPSA) is 54.9 Å². The van der Waals surface area contributed by atoms with Crippen LogP contribution in [0.4, 0.5) is 18.9 Å². The number of hydrogen-bond acceptors (Lipinski definition) is 3. The minimum Gasteiger partial charge on any atom is -0.326 e. The first-order chi connectivity index (χ1) is 10.4.